The second kappa shape index (κ2) is 39.9. The van der Waals surface area contributed by atoms with Crippen molar-refractivity contribution < 1.29 is 233 Å². The molecule has 0 radical (unpaired) electrons. The van der Waals surface area contributed by atoms with Crippen LogP contribution < -0.4 is 21.3 Å². The topological polar surface area (TPSA) is 815 Å². The SMILES string of the molecule is CC(=O)N[C@H]1[C@H](OC[C@H]2O[C@@H](O[C@H]3[C@H](O)[C@@H](O)C(O)O[C@@H]3CO)[C@H](O)[C@@H](O[C@@H]3O[C@H](CO)[C@@H](O)[C@H](O[C@@H]4O[C@H](CO)[C@H](O)[C@H](O[C@@]5(C(=O)O)C[C@H](O)[C@@H](NC(C)=O)[C@H]([C@@H](O)[C@@H](O)CO)O5)[C@H]4O)[C@H]3NC(C)=O)[C@H]2O)O[C@H](CO)[C@@H](O[C@@H]2O[C@H](CO[C@@]3(C(=O)O)C[C@H](O)[C@@H](NC(C)=O)[C@H]([C@@H](O)[C@@H](O)CO)O3)[C@H](O)[C@H](O)[C@H]2O)[C@@H]1O. The van der Waals surface area contributed by atoms with Crippen molar-refractivity contribution in [1.82, 2.24) is 21.3 Å². The van der Waals surface area contributed by atoms with E-state index in [-0.39, 0.29) is 0 Å². The van der Waals surface area contributed by atoms with Gasteiger partial charge in [0.25, 0.3) is 11.6 Å². The molecule has 4 amide bonds. The lowest BCUT2D eigenvalue weighted by atomic mass is 9.88. The molecule has 51 nitrogen and oxygen atoms in total. The average molecular weight is 1660 g/mol. The summed E-state index contributed by atoms with van der Waals surface area (Å²) in [6.45, 7) is -5.79. The van der Waals surface area contributed by atoms with Gasteiger partial charge in [-0.15, -0.1) is 0 Å². The van der Waals surface area contributed by atoms with Crippen molar-refractivity contribution >= 4 is 35.6 Å². The molecule has 30 N–H and O–H groups in total. The summed E-state index contributed by atoms with van der Waals surface area (Å²) in [6, 6.07) is -7.45. The zero-order valence-electron chi connectivity index (χ0n) is 60.4. The molecule has 652 valence electrons. The monoisotopic (exact) mass is 1650 g/mol. The number of carboxylic acid groups (broad SMARTS) is 2. The first-order valence-electron chi connectivity index (χ1n) is 35.4. The molecule has 0 spiro atoms. The smallest absolute Gasteiger partial charge is 0.364 e. The minimum atomic E-state index is -3.32. The Kier molecular flexibility index (Phi) is 33.1. The maximum Gasteiger partial charge on any atom is 0.364 e. The van der Waals surface area contributed by atoms with Gasteiger partial charge in [-0.3, -0.25) is 19.2 Å². The molecule has 0 aliphatic carbocycles. The summed E-state index contributed by atoms with van der Waals surface area (Å²) in [7, 11) is 0. The van der Waals surface area contributed by atoms with E-state index in [1.165, 1.54) is 0 Å². The van der Waals surface area contributed by atoms with Crippen LogP contribution in [0.5, 0.6) is 0 Å². The molecule has 42 atom stereocenters. The van der Waals surface area contributed by atoms with Crippen LogP contribution in [0.4, 0.5) is 0 Å². The number of hydrogen-bond acceptors (Lipinski definition) is 45. The van der Waals surface area contributed by atoms with Gasteiger partial charge < -0.3 is 225 Å². The van der Waals surface area contributed by atoms with Crippen LogP contribution in [0.3, 0.4) is 0 Å². The number of aliphatic hydroxyl groups excluding tert-OH is 24. The molecule has 0 aromatic rings. The van der Waals surface area contributed by atoms with E-state index in [0.29, 0.717) is 0 Å². The Morgan fingerprint density at radius 2 is 0.752 bits per heavy atom. The molecule has 8 fully saturated rings. The number of ether oxygens (including phenoxy) is 15. The molecule has 8 heterocycles. The van der Waals surface area contributed by atoms with E-state index in [4.69, 9.17) is 71.1 Å². The number of carbonyl (C=O) groups is 6. The third-order valence-electron chi connectivity index (χ3n) is 20.2. The Labute approximate surface area is 637 Å². The molecule has 8 aliphatic rings. The molecule has 0 aromatic heterocycles. The number of carboxylic acids is 2. The van der Waals surface area contributed by atoms with Crippen LogP contribution in [-0.4, -0.2) is 478 Å². The summed E-state index contributed by atoms with van der Waals surface area (Å²) in [5, 5.41) is 295. The van der Waals surface area contributed by atoms with E-state index in [2.05, 4.69) is 21.3 Å². The number of nitrogens with one attached hydrogen (secondary N) is 4. The van der Waals surface area contributed by atoms with Gasteiger partial charge in [0.15, 0.2) is 37.7 Å². The standard InChI is InChI=1S/C62H102N4O47/c1-15(73)63-29-19(77)5-61(59(95)96,111-49(29)33(81)21(79)7-67)100-14-28-35(83)40(88)43(91)56(106-28)107-46-26(12-72)104-54(31(39(46)87)65-17(3)75)99-13-27-38(86)51(44(92)57(105-27)108-47-25(11-71)101-53(94)42(90)41(47)89)110-55-32(66-18(4)76)48(36(84)23(9-69)102-55)109-58-45(93)52(37(85)24(10-70)103-58)113-62(60(97)98)6-20(78)30(64-16(2)74)50(112-62)34(82)22(80)8-68/h19-58,67-72,77-94H,5-14H2,1-4H3,(H,63,73)(H,64,74)(H,65,75)(H,66,76)(H,95,96)(H,97,98)/t19-,20-,21-,22-,23+,24+,25+,26+,27+,28+,29+,30+,31+,32+,33-,34-,35-,36+,37-,38-,39+,40-,41+,42+,43+,44+,45+,46+,47+,48+,49+,50+,51-,52-,53?,54+,55-,56-,57-,58-,61-,62+/m0/s1. The summed E-state index contributed by atoms with van der Waals surface area (Å²) in [6.07, 6.45) is -81.7. The number of rotatable bonds is 32. The lowest BCUT2D eigenvalue weighted by Gasteiger charge is -2.51. The van der Waals surface area contributed by atoms with E-state index >= 15 is 0 Å². The minimum absolute atomic E-state index is 0.833. The van der Waals surface area contributed by atoms with Crippen molar-refractivity contribution in [2.45, 2.75) is 297 Å². The van der Waals surface area contributed by atoms with Gasteiger partial charge in [0.2, 0.25) is 23.6 Å². The fourth-order valence-corrected chi connectivity index (χ4v) is 14.3. The Balaban J connectivity index is 1.06. The zero-order valence-corrected chi connectivity index (χ0v) is 60.4. The van der Waals surface area contributed by atoms with Gasteiger partial charge in [0, 0.05) is 40.5 Å². The predicted molar refractivity (Wildman–Crippen MR) is 345 cm³/mol. The molecular weight excluding hydrogens is 1550 g/mol. The van der Waals surface area contributed by atoms with Crippen LogP contribution in [0.25, 0.3) is 0 Å². The highest BCUT2D eigenvalue weighted by atomic mass is 16.8. The molecule has 8 saturated heterocycles. The fourth-order valence-electron chi connectivity index (χ4n) is 14.3. The van der Waals surface area contributed by atoms with Crippen molar-refractivity contribution in [3.63, 3.8) is 0 Å². The van der Waals surface area contributed by atoms with Crippen LogP contribution in [0.2, 0.25) is 0 Å². The second-order valence-corrected chi connectivity index (χ2v) is 28.2. The van der Waals surface area contributed by atoms with Gasteiger partial charge >= 0.3 is 11.9 Å². The number of amides is 4. The minimum Gasteiger partial charge on any atom is -0.477 e. The Hall–Kier alpha value is -4.74. The van der Waals surface area contributed by atoms with Crippen molar-refractivity contribution in [1.29, 1.82) is 0 Å². The summed E-state index contributed by atoms with van der Waals surface area (Å²) in [4.78, 5) is 76.7. The third kappa shape index (κ3) is 20.8. The van der Waals surface area contributed by atoms with E-state index in [1.54, 1.807) is 0 Å². The number of carbonyl (C=O) groups excluding carboxylic acids is 4. The molecule has 8 rings (SSSR count). The van der Waals surface area contributed by atoms with Crippen molar-refractivity contribution in [3.05, 3.63) is 0 Å². The number of hydrogen-bond donors (Lipinski definition) is 30. The Morgan fingerprint density at radius 3 is 1.24 bits per heavy atom. The first-order valence-corrected chi connectivity index (χ1v) is 35.4. The molecule has 8 aliphatic heterocycles. The zero-order chi connectivity index (χ0) is 84.1. The normalized spacial score (nSPS) is 45.6. The molecule has 0 aromatic carbocycles. The summed E-state index contributed by atoms with van der Waals surface area (Å²) in [5.74, 6) is -14.3. The van der Waals surface area contributed by atoms with E-state index < -0.39 is 358 Å². The van der Waals surface area contributed by atoms with Gasteiger partial charge in [-0.25, -0.2) is 9.59 Å². The first-order chi connectivity index (χ1) is 53.1. The molecular formula is C62H102N4O47. The van der Waals surface area contributed by atoms with Crippen LogP contribution in [0, 0.1) is 0 Å². The predicted octanol–water partition coefficient (Wildman–Crippen LogP) is -19.5. The molecule has 0 saturated carbocycles. The molecule has 51 heteroatoms. The summed E-state index contributed by atoms with van der Waals surface area (Å²) < 4.78 is 87.0. The second-order valence-electron chi connectivity index (χ2n) is 28.2. The van der Waals surface area contributed by atoms with Crippen molar-refractivity contribution in [2.24, 2.45) is 0 Å². The quantitative estimate of drug-likeness (QED) is 0.0297. The van der Waals surface area contributed by atoms with Gasteiger partial charge in [-0.2, -0.15) is 0 Å². The third-order valence-corrected chi connectivity index (χ3v) is 20.2. The van der Waals surface area contributed by atoms with Crippen LogP contribution in [0.15, 0.2) is 0 Å². The molecule has 0 bridgehead atoms. The maximum absolute atomic E-state index is 13.3. The maximum atomic E-state index is 13.3. The summed E-state index contributed by atoms with van der Waals surface area (Å²) >= 11 is 0. The lowest BCUT2D eigenvalue weighted by molar-refractivity contribution is -0.390. The number of aliphatic hydroxyl groups is 24. The highest BCUT2D eigenvalue weighted by Crippen LogP contribution is 2.42. The highest BCUT2D eigenvalue weighted by molar-refractivity contribution is 5.78. The van der Waals surface area contributed by atoms with Gasteiger partial charge in [0.05, 0.1) is 77.1 Å². The highest BCUT2D eigenvalue weighted by Gasteiger charge is 2.63. The van der Waals surface area contributed by atoms with E-state index in [1.807, 2.05) is 0 Å². The van der Waals surface area contributed by atoms with E-state index in [9.17, 15) is 162 Å². The molecule has 1 unspecified atom stereocenters. The Bertz CT molecular complexity index is 3110. The van der Waals surface area contributed by atoms with Gasteiger partial charge in [-0.1, -0.05) is 0 Å². The van der Waals surface area contributed by atoms with Crippen LogP contribution in [-0.2, 0) is 99.8 Å². The first kappa shape index (κ1) is 93.8. The van der Waals surface area contributed by atoms with Gasteiger partial charge in [-0.05, 0) is 0 Å². The average Bonchev–Trinajstić information content (AvgIpc) is 0.760. The van der Waals surface area contributed by atoms with E-state index in [0.717, 1.165) is 27.7 Å². The number of aliphatic carboxylic acids is 2. The van der Waals surface area contributed by atoms with Crippen molar-refractivity contribution in [3.8, 4) is 0 Å². The van der Waals surface area contributed by atoms with Crippen molar-refractivity contribution in [2.75, 3.05) is 52.9 Å². The van der Waals surface area contributed by atoms with Crippen LogP contribution in [0.1, 0.15) is 40.5 Å². The summed E-state index contributed by atoms with van der Waals surface area (Å²) in [5.41, 5.74) is 0. The molecule has 113 heavy (non-hydrogen) atoms. The van der Waals surface area contributed by atoms with Crippen LogP contribution >= 0.6 is 0 Å². The largest absolute Gasteiger partial charge is 0.477 e. The Morgan fingerprint density at radius 1 is 0.372 bits per heavy atom. The fraction of sp³-hybridized carbons (Fsp3) is 0.903. The lowest BCUT2D eigenvalue weighted by Crippen LogP contribution is -2.71. The van der Waals surface area contributed by atoms with Gasteiger partial charge in [0.1, 0.15) is 183 Å².